The van der Waals surface area contributed by atoms with Gasteiger partial charge in [0.05, 0.1) is 5.69 Å². The Bertz CT molecular complexity index is 262. The van der Waals surface area contributed by atoms with Gasteiger partial charge in [-0.05, 0) is 32.9 Å². The second-order valence-corrected chi connectivity index (χ2v) is 3.69. The van der Waals surface area contributed by atoms with Crippen molar-refractivity contribution in [1.29, 1.82) is 0 Å². The largest absolute Gasteiger partial charge is 0.298 e. The van der Waals surface area contributed by atoms with Crippen LogP contribution in [0.2, 0.25) is 0 Å². The average molecular weight is 165 g/mol. The van der Waals surface area contributed by atoms with Gasteiger partial charge in [-0.25, -0.2) is 0 Å². The number of nitrogens with zero attached hydrogens (tertiary/aromatic N) is 2. The highest BCUT2D eigenvalue weighted by Gasteiger charge is 2.26. The summed E-state index contributed by atoms with van der Waals surface area (Å²) in [6.45, 7) is 3.02. The zero-order valence-electron chi connectivity index (χ0n) is 7.67. The van der Waals surface area contributed by atoms with Gasteiger partial charge < -0.3 is 0 Å². The van der Waals surface area contributed by atoms with E-state index in [2.05, 4.69) is 28.2 Å². The Morgan fingerprint density at radius 2 is 2.42 bits per heavy atom. The second kappa shape index (κ2) is 2.90. The topological polar surface area (TPSA) is 31.9 Å². The van der Waals surface area contributed by atoms with Gasteiger partial charge in [0.15, 0.2) is 0 Å². The lowest BCUT2D eigenvalue weighted by Crippen LogP contribution is -2.20. The number of nitrogens with one attached hydrogen (secondary N) is 1. The fourth-order valence-corrected chi connectivity index (χ4v) is 1.46. The standard InChI is InChI=1S/C9H15N3/c1-7-5-8(11-10-7)6-12(2)9-3-4-9/h5,9H,3-4,6H2,1-2H3,(H,10,11). The van der Waals surface area contributed by atoms with E-state index >= 15 is 0 Å². The van der Waals surface area contributed by atoms with Crippen molar-refractivity contribution < 1.29 is 0 Å². The fraction of sp³-hybridized carbons (Fsp3) is 0.667. The van der Waals surface area contributed by atoms with E-state index in [0.29, 0.717) is 0 Å². The smallest absolute Gasteiger partial charge is 0.0765 e. The summed E-state index contributed by atoms with van der Waals surface area (Å²) >= 11 is 0. The maximum absolute atomic E-state index is 4.20. The van der Waals surface area contributed by atoms with Crippen molar-refractivity contribution in [2.45, 2.75) is 32.4 Å². The van der Waals surface area contributed by atoms with Crippen LogP contribution in [0.4, 0.5) is 0 Å². The number of aromatic amines is 1. The van der Waals surface area contributed by atoms with Gasteiger partial charge in [0.25, 0.3) is 0 Å². The van der Waals surface area contributed by atoms with E-state index in [-0.39, 0.29) is 0 Å². The zero-order valence-corrected chi connectivity index (χ0v) is 7.67. The molecular formula is C9H15N3. The Hall–Kier alpha value is -0.830. The van der Waals surface area contributed by atoms with Crippen LogP contribution in [0, 0.1) is 6.92 Å². The van der Waals surface area contributed by atoms with E-state index in [1.807, 2.05) is 6.92 Å². The first kappa shape index (κ1) is 7.80. The normalized spacial score (nSPS) is 17.2. The molecule has 1 aliphatic rings. The van der Waals surface area contributed by atoms with E-state index in [0.717, 1.165) is 24.0 Å². The highest BCUT2D eigenvalue weighted by molar-refractivity contribution is 5.06. The van der Waals surface area contributed by atoms with E-state index in [1.165, 1.54) is 12.8 Å². The Morgan fingerprint density at radius 3 is 2.92 bits per heavy atom. The Kier molecular flexibility index (Phi) is 1.89. The molecule has 1 fully saturated rings. The summed E-state index contributed by atoms with van der Waals surface area (Å²) in [6, 6.07) is 2.93. The molecule has 1 aromatic rings. The SMILES string of the molecule is Cc1cc(CN(C)C2CC2)n[nH]1. The number of H-pyrrole nitrogens is 1. The first-order chi connectivity index (χ1) is 5.75. The van der Waals surface area contributed by atoms with Crippen LogP contribution in [0.1, 0.15) is 24.2 Å². The highest BCUT2D eigenvalue weighted by atomic mass is 15.2. The molecule has 3 nitrogen and oxygen atoms in total. The number of rotatable bonds is 3. The average Bonchev–Trinajstić information content (AvgIpc) is 2.78. The van der Waals surface area contributed by atoms with Gasteiger partial charge in [-0.3, -0.25) is 10.00 Å². The Balaban J connectivity index is 1.93. The predicted octanol–water partition coefficient (Wildman–Crippen LogP) is 1.31. The number of hydrogen-bond donors (Lipinski definition) is 1. The number of aromatic nitrogens is 2. The summed E-state index contributed by atoms with van der Waals surface area (Å²) in [5, 5.41) is 7.16. The first-order valence-electron chi connectivity index (χ1n) is 4.47. The van der Waals surface area contributed by atoms with Crippen LogP contribution in [-0.4, -0.2) is 28.2 Å². The molecule has 0 amide bonds. The van der Waals surface area contributed by atoms with Crippen LogP contribution in [0.25, 0.3) is 0 Å². The van der Waals surface area contributed by atoms with Crippen molar-refractivity contribution in [2.24, 2.45) is 0 Å². The molecule has 1 heterocycles. The molecule has 1 saturated carbocycles. The summed E-state index contributed by atoms with van der Waals surface area (Å²) in [6.07, 6.45) is 2.72. The van der Waals surface area contributed by atoms with Crippen molar-refractivity contribution in [1.82, 2.24) is 15.1 Å². The first-order valence-corrected chi connectivity index (χ1v) is 4.47. The molecule has 1 N–H and O–H groups in total. The minimum atomic E-state index is 0.821. The maximum Gasteiger partial charge on any atom is 0.0765 e. The quantitative estimate of drug-likeness (QED) is 0.732. The van der Waals surface area contributed by atoms with E-state index in [9.17, 15) is 0 Å². The lowest BCUT2D eigenvalue weighted by Gasteiger charge is -2.12. The molecule has 0 aliphatic heterocycles. The maximum atomic E-state index is 4.20. The molecule has 0 saturated heterocycles. The third kappa shape index (κ3) is 1.67. The van der Waals surface area contributed by atoms with E-state index in [4.69, 9.17) is 0 Å². The van der Waals surface area contributed by atoms with E-state index in [1.54, 1.807) is 0 Å². The molecule has 1 aliphatic carbocycles. The molecule has 0 bridgehead atoms. The molecule has 66 valence electrons. The van der Waals surface area contributed by atoms with Gasteiger partial charge in [-0.15, -0.1) is 0 Å². The molecule has 0 spiro atoms. The van der Waals surface area contributed by atoms with Gasteiger partial charge in [0, 0.05) is 18.3 Å². The molecule has 3 heteroatoms. The molecule has 1 aromatic heterocycles. The molecule has 0 atom stereocenters. The van der Waals surface area contributed by atoms with Crippen molar-refractivity contribution in [2.75, 3.05) is 7.05 Å². The third-order valence-electron chi connectivity index (χ3n) is 2.34. The zero-order chi connectivity index (χ0) is 8.55. The van der Waals surface area contributed by atoms with Crippen molar-refractivity contribution in [3.8, 4) is 0 Å². The van der Waals surface area contributed by atoms with Gasteiger partial charge in [0.2, 0.25) is 0 Å². The highest BCUT2D eigenvalue weighted by Crippen LogP contribution is 2.26. The van der Waals surface area contributed by atoms with Crippen LogP contribution in [0.3, 0.4) is 0 Å². The van der Waals surface area contributed by atoms with Crippen LogP contribution in [0.5, 0.6) is 0 Å². The van der Waals surface area contributed by atoms with Crippen LogP contribution >= 0.6 is 0 Å². The second-order valence-electron chi connectivity index (χ2n) is 3.69. The summed E-state index contributed by atoms with van der Waals surface area (Å²) < 4.78 is 0. The summed E-state index contributed by atoms with van der Waals surface area (Å²) in [5.41, 5.74) is 2.30. The van der Waals surface area contributed by atoms with Crippen molar-refractivity contribution in [3.05, 3.63) is 17.5 Å². The van der Waals surface area contributed by atoms with Gasteiger partial charge in [-0.2, -0.15) is 5.10 Å². The molecule has 12 heavy (non-hydrogen) atoms. The summed E-state index contributed by atoms with van der Waals surface area (Å²) in [7, 11) is 2.17. The Labute approximate surface area is 72.8 Å². The minimum absolute atomic E-state index is 0.821. The predicted molar refractivity (Wildman–Crippen MR) is 47.8 cm³/mol. The van der Waals surface area contributed by atoms with Crippen molar-refractivity contribution >= 4 is 0 Å². The van der Waals surface area contributed by atoms with Crippen molar-refractivity contribution in [3.63, 3.8) is 0 Å². The third-order valence-corrected chi connectivity index (χ3v) is 2.34. The van der Waals surface area contributed by atoms with E-state index < -0.39 is 0 Å². The van der Waals surface area contributed by atoms with Crippen LogP contribution < -0.4 is 0 Å². The molecule has 2 rings (SSSR count). The van der Waals surface area contributed by atoms with Crippen LogP contribution in [-0.2, 0) is 6.54 Å². The summed E-state index contributed by atoms with van der Waals surface area (Å²) in [5.74, 6) is 0. The lowest BCUT2D eigenvalue weighted by atomic mass is 10.3. The fourth-order valence-electron chi connectivity index (χ4n) is 1.46. The monoisotopic (exact) mass is 165 g/mol. The summed E-state index contributed by atoms with van der Waals surface area (Å²) in [4.78, 5) is 2.37. The Morgan fingerprint density at radius 1 is 1.67 bits per heavy atom. The minimum Gasteiger partial charge on any atom is -0.298 e. The number of aryl methyl sites for hydroxylation is 1. The lowest BCUT2D eigenvalue weighted by molar-refractivity contribution is 0.312. The molecule has 0 unspecified atom stereocenters. The molecule has 0 radical (unpaired) electrons. The number of hydrogen-bond acceptors (Lipinski definition) is 2. The van der Waals surface area contributed by atoms with Gasteiger partial charge in [-0.1, -0.05) is 0 Å². The molecule has 0 aromatic carbocycles. The van der Waals surface area contributed by atoms with Gasteiger partial charge >= 0.3 is 0 Å². The van der Waals surface area contributed by atoms with Crippen LogP contribution in [0.15, 0.2) is 6.07 Å². The molecular weight excluding hydrogens is 150 g/mol. The van der Waals surface area contributed by atoms with Gasteiger partial charge in [0.1, 0.15) is 0 Å².